The molecule has 2 aromatic rings. The molecule has 0 aromatic heterocycles. The first-order chi connectivity index (χ1) is 14.7. The third-order valence-electron chi connectivity index (χ3n) is 5.48. The number of methoxy groups -OCH3 is 2. The van der Waals surface area contributed by atoms with Crippen LogP contribution in [0.4, 0.5) is 5.69 Å². The highest BCUT2D eigenvalue weighted by atomic mass is 32.2. The van der Waals surface area contributed by atoms with Gasteiger partial charge < -0.3 is 14.8 Å². The van der Waals surface area contributed by atoms with E-state index in [1.54, 1.807) is 56.7 Å². The van der Waals surface area contributed by atoms with Crippen molar-refractivity contribution < 1.29 is 22.7 Å². The van der Waals surface area contributed by atoms with Crippen molar-refractivity contribution in [3.63, 3.8) is 0 Å². The summed E-state index contributed by atoms with van der Waals surface area (Å²) in [6, 6.07) is 11.6. The zero-order valence-corrected chi connectivity index (χ0v) is 19.1. The summed E-state index contributed by atoms with van der Waals surface area (Å²) in [7, 11) is -0.436. The summed E-state index contributed by atoms with van der Waals surface area (Å²) in [4.78, 5) is 15.1. The van der Waals surface area contributed by atoms with E-state index < -0.39 is 16.1 Å². The molecule has 1 atom stereocenters. The number of amides is 1. The molecular formula is C22H29N3O5S. The monoisotopic (exact) mass is 447 g/mol. The van der Waals surface area contributed by atoms with Gasteiger partial charge in [-0.05, 0) is 26.0 Å². The molecule has 1 N–H and O–H groups in total. The van der Waals surface area contributed by atoms with Gasteiger partial charge in [0.2, 0.25) is 15.9 Å². The summed E-state index contributed by atoms with van der Waals surface area (Å²) < 4.78 is 37.7. The molecule has 1 fully saturated rings. The Labute approximate surface area is 183 Å². The molecule has 1 amide bonds. The van der Waals surface area contributed by atoms with Crippen LogP contribution in [-0.4, -0.2) is 70.0 Å². The van der Waals surface area contributed by atoms with E-state index in [0.717, 1.165) is 5.56 Å². The third-order valence-corrected chi connectivity index (χ3v) is 7.39. The molecule has 9 heteroatoms. The molecule has 0 aliphatic carbocycles. The molecule has 0 spiro atoms. The number of rotatable bonds is 7. The van der Waals surface area contributed by atoms with Crippen LogP contribution in [0, 0.1) is 6.92 Å². The maximum Gasteiger partial charge on any atom is 0.243 e. The number of hydrogen-bond acceptors (Lipinski definition) is 6. The lowest BCUT2D eigenvalue weighted by atomic mass is 10.2. The lowest BCUT2D eigenvalue weighted by Crippen LogP contribution is -2.53. The Bertz CT molecular complexity index is 994. The van der Waals surface area contributed by atoms with Gasteiger partial charge in [-0.1, -0.05) is 17.7 Å². The zero-order valence-electron chi connectivity index (χ0n) is 18.3. The Morgan fingerprint density at radius 3 is 2.03 bits per heavy atom. The number of piperazine rings is 1. The summed E-state index contributed by atoms with van der Waals surface area (Å²) in [6.45, 7) is 5.35. The minimum Gasteiger partial charge on any atom is -0.497 e. The predicted octanol–water partition coefficient (Wildman–Crippen LogP) is 2.35. The topological polar surface area (TPSA) is 88.2 Å². The lowest BCUT2D eigenvalue weighted by molar-refractivity contribution is -0.121. The summed E-state index contributed by atoms with van der Waals surface area (Å²) in [5.41, 5.74) is 1.59. The first-order valence-corrected chi connectivity index (χ1v) is 11.5. The average molecular weight is 448 g/mol. The fraction of sp³-hybridized carbons (Fsp3) is 0.409. The Morgan fingerprint density at radius 2 is 1.52 bits per heavy atom. The van der Waals surface area contributed by atoms with Crippen molar-refractivity contribution in [1.29, 1.82) is 0 Å². The maximum absolute atomic E-state index is 12.9. The molecular weight excluding hydrogens is 418 g/mol. The van der Waals surface area contributed by atoms with E-state index in [1.807, 2.05) is 18.7 Å². The number of sulfonamides is 1. The largest absolute Gasteiger partial charge is 0.497 e. The second-order valence-corrected chi connectivity index (χ2v) is 9.46. The third kappa shape index (κ3) is 5.36. The number of carbonyl (C=O) groups excluding carboxylic acids is 1. The van der Waals surface area contributed by atoms with Gasteiger partial charge in [0, 0.05) is 50.1 Å². The molecule has 1 aliphatic rings. The van der Waals surface area contributed by atoms with Crippen molar-refractivity contribution in [3.8, 4) is 11.5 Å². The van der Waals surface area contributed by atoms with Crippen LogP contribution in [0.5, 0.6) is 11.5 Å². The van der Waals surface area contributed by atoms with Crippen LogP contribution in [0.25, 0.3) is 0 Å². The highest BCUT2D eigenvalue weighted by Gasteiger charge is 2.31. The van der Waals surface area contributed by atoms with Gasteiger partial charge in [0.1, 0.15) is 11.5 Å². The zero-order chi connectivity index (χ0) is 22.6. The average Bonchev–Trinajstić information content (AvgIpc) is 2.78. The molecule has 168 valence electrons. The number of benzene rings is 2. The van der Waals surface area contributed by atoms with Crippen LogP contribution < -0.4 is 14.8 Å². The van der Waals surface area contributed by atoms with Gasteiger partial charge >= 0.3 is 0 Å². The van der Waals surface area contributed by atoms with E-state index >= 15 is 0 Å². The maximum atomic E-state index is 12.9. The van der Waals surface area contributed by atoms with Crippen molar-refractivity contribution in [1.82, 2.24) is 9.21 Å². The van der Waals surface area contributed by atoms with Gasteiger partial charge in [0.25, 0.3) is 0 Å². The van der Waals surface area contributed by atoms with Crippen LogP contribution in [0.3, 0.4) is 0 Å². The predicted molar refractivity (Wildman–Crippen MR) is 119 cm³/mol. The van der Waals surface area contributed by atoms with Crippen molar-refractivity contribution in [2.45, 2.75) is 24.8 Å². The Hall–Kier alpha value is -2.62. The molecule has 0 radical (unpaired) electrons. The highest BCUT2D eigenvalue weighted by Crippen LogP contribution is 2.26. The van der Waals surface area contributed by atoms with E-state index in [0.29, 0.717) is 48.3 Å². The fourth-order valence-corrected chi connectivity index (χ4v) is 4.90. The van der Waals surface area contributed by atoms with Gasteiger partial charge in [-0.2, -0.15) is 4.31 Å². The number of ether oxygens (including phenoxy) is 2. The summed E-state index contributed by atoms with van der Waals surface area (Å²) in [5, 5.41) is 2.89. The van der Waals surface area contributed by atoms with Crippen molar-refractivity contribution in [3.05, 3.63) is 48.0 Å². The van der Waals surface area contributed by atoms with Crippen molar-refractivity contribution in [2.24, 2.45) is 0 Å². The number of nitrogens with zero attached hydrogens (tertiary/aromatic N) is 2. The second-order valence-electron chi connectivity index (χ2n) is 7.52. The molecule has 2 aromatic carbocycles. The minimum absolute atomic E-state index is 0.176. The number of hydrogen-bond donors (Lipinski definition) is 1. The molecule has 1 aliphatic heterocycles. The van der Waals surface area contributed by atoms with E-state index in [4.69, 9.17) is 9.47 Å². The fourth-order valence-electron chi connectivity index (χ4n) is 3.48. The Kier molecular flexibility index (Phi) is 7.19. The first kappa shape index (κ1) is 23.1. The van der Waals surface area contributed by atoms with Crippen LogP contribution in [0.15, 0.2) is 47.4 Å². The van der Waals surface area contributed by atoms with Gasteiger partial charge in [0.15, 0.2) is 0 Å². The van der Waals surface area contributed by atoms with Crippen molar-refractivity contribution in [2.75, 3.05) is 45.7 Å². The molecule has 8 nitrogen and oxygen atoms in total. The number of carbonyl (C=O) groups is 1. The van der Waals surface area contributed by atoms with Crippen molar-refractivity contribution >= 4 is 21.6 Å². The van der Waals surface area contributed by atoms with Crippen LogP contribution >= 0.6 is 0 Å². The van der Waals surface area contributed by atoms with Crippen LogP contribution in [0.1, 0.15) is 12.5 Å². The van der Waals surface area contributed by atoms with E-state index in [2.05, 4.69) is 5.32 Å². The van der Waals surface area contributed by atoms with Gasteiger partial charge in [-0.3, -0.25) is 9.69 Å². The molecule has 1 heterocycles. The Balaban J connectivity index is 1.61. The SMILES string of the molecule is COc1cc(NC(=O)C(C)N2CCN(S(=O)(=O)c3ccc(C)cc3)CC2)cc(OC)c1. The molecule has 3 rings (SSSR count). The molecule has 1 unspecified atom stereocenters. The number of aryl methyl sites for hydroxylation is 1. The minimum atomic E-state index is -3.53. The smallest absolute Gasteiger partial charge is 0.243 e. The first-order valence-electron chi connectivity index (χ1n) is 10.1. The summed E-state index contributed by atoms with van der Waals surface area (Å²) in [6.07, 6.45) is 0. The quantitative estimate of drug-likeness (QED) is 0.701. The van der Waals surface area contributed by atoms with E-state index in [9.17, 15) is 13.2 Å². The van der Waals surface area contributed by atoms with Gasteiger partial charge in [-0.15, -0.1) is 0 Å². The van der Waals surface area contributed by atoms with Crippen LogP contribution in [0.2, 0.25) is 0 Å². The van der Waals surface area contributed by atoms with Crippen LogP contribution in [-0.2, 0) is 14.8 Å². The number of anilines is 1. The Morgan fingerprint density at radius 1 is 0.968 bits per heavy atom. The van der Waals surface area contributed by atoms with E-state index in [1.165, 1.54) is 4.31 Å². The molecule has 31 heavy (non-hydrogen) atoms. The molecule has 0 bridgehead atoms. The van der Waals surface area contributed by atoms with Gasteiger partial charge in [-0.25, -0.2) is 8.42 Å². The highest BCUT2D eigenvalue weighted by molar-refractivity contribution is 7.89. The normalized spacial score (nSPS) is 16.5. The standard InChI is InChI=1S/C22H29N3O5S/c1-16-5-7-21(8-6-16)31(27,28)25-11-9-24(10-12-25)17(2)22(26)23-18-13-19(29-3)15-20(14-18)30-4/h5-8,13-15,17H,9-12H2,1-4H3,(H,23,26). The lowest BCUT2D eigenvalue weighted by Gasteiger charge is -2.36. The summed E-state index contributed by atoms with van der Waals surface area (Å²) in [5.74, 6) is 0.986. The molecule has 1 saturated heterocycles. The second kappa shape index (κ2) is 9.67. The van der Waals surface area contributed by atoms with Gasteiger partial charge in [0.05, 0.1) is 25.2 Å². The molecule has 0 saturated carbocycles. The summed E-state index contributed by atoms with van der Waals surface area (Å²) >= 11 is 0. The van der Waals surface area contributed by atoms with E-state index in [-0.39, 0.29) is 5.91 Å². The number of nitrogens with one attached hydrogen (secondary N) is 1.